The average Bonchev–Trinajstić information content (AvgIpc) is 2.93. The summed E-state index contributed by atoms with van der Waals surface area (Å²) in [5.41, 5.74) is 0.671. The molecule has 1 heterocycles. The van der Waals surface area contributed by atoms with Gasteiger partial charge in [-0.1, -0.05) is 18.2 Å². The predicted molar refractivity (Wildman–Crippen MR) is 98.4 cm³/mol. The Morgan fingerprint density at radius 1 is 1.08 bits per heavy atom. The van der Waals surface area contributed by atoms with E-state index in [1.807, 2.05) is 12.1 Å². The fourth-order valence-electron chi connectivity index (χ4n) is 2.49. The van der Waals surface area contributed by atoms with Crippen LogP contribution in [0.2, 0.25) is 0 Å². The third-order valence-corrected chi connectivity index (χ3v) is 3.60. The highest BCUT2D eigenvalue weighted by Gasteiger charge is 2.15. The molecule has 6 heteroatoms. The third kappa shape index (κ3) is 6.49. The van der Waals surface area contributed by atoms with E-state index in [1.54, 1.807) is 20.8 Å². The number of alkyl carbamates (subject to hydrolysis) is 1. The van der Waals surface area contributed by atoms with E-state index in [0.29, 0.717) is 6.54 Å². The second-order valence-electron chi connectivity index (χ2n) is 6.95. The predicted octanol–water partition coefficient (Wildman–Crippen LogP) is 3.06. The molecule has 0 aliphatic rings. The second kappa shape index (κ2) is 8.55. The van der Waals surface area contributed by atoms with E-state index in [4.69, 9.17) is 4.74 Å². The lowest BCUT2D eigenvalue weighted by molar-refractivity contribution is -0.120. The molecule has 0 radical (unpaired) electrons. The Labute approximate surface area is 148 Å². The highest BCUT2D eigenvalue weighted by molar-refractivity contribution is 5.80. The van der Waals surface area contributed by atoms with E-state index in [2.05, 4.69) is 39.6 Å². The Morgan fingerprint density at radius 3 is 2.60 bits per heavy atom. The van der Waals surface area contributed by atoms with Crippen LogP contribution >= 0.6 is 0 Å². The first-order valence-corrected chi connectivity index (χ1v) is 8.62. The van der Waals surface area contributed by atoms with Crippen molar-refractivity contribution in [1.82, 2.24) is 15.2 Å². The molecule has 0 bridgehead atoms. The van der Waals surface area contributed by atoms with Crippen LogP contribution in [-0.2, 0) is 16.1 Å². The zero-order valence-corrected chi connectivity index (χ0v) is 15.2. The van der Waals surface area contributed by atoms with Crippen molar-refractivity contribution >= 4 is 22.9 Å². The maximum absolute atomic E-state index is 11.8. The molecule has 2 amide bonds. The van der Waals surface area contributed by atoms with Crippen molar-refractivity contribution in [3.63, 3.8) is 0 Å². The van der Waals surface area contributed by atoms with Gasteiger partial charge in [0.1, 0.15) is 5.60 Å². The van der Waals surface area contributed by atoms with E-state index in [1.165, 1.54) is 10.9 Å². The van der Waals surface area contributed by atoms with Crippen molar-refractivity contribution in [3.8, 4) is 0 Å². The molecule has 25 heavy (non-hydrogen) atoms. The lowest BCUT2D eigenvalue weighted by Gasteiger charge is -2.19. The molecule has 2 N–H and O–H groups in total. The average molecular weight is 345 g/mol. The van der Waals surface area contributed by atoms with Gasteiger partial charge in [0, 0.05) is 37.8 Å². The number of benzene rings is 1. The number of para-hydroxylation sites is 1. The first-order chi connectivity index (χ1) is 11.8. The summed E-state index contributed by atoms with van der Waals surface area (Å²) in [4.78, 5) is 23.2. The number of hydrogen-bond acceptors (Lipinski definition) is 3. The standard InChI is InChI=1S/C19H27N3O3/c1-19(2,3)25-18(24)21-12-9-17(23)20-11-6-13-22-14-10-15-7-4-5-8-16(15)22/h4-5,7-8,10,14H,6,9,11-13H2,1-3H3,(H,20,23)(H,21,24). The minimum Gasteiger partial charge on any atom is -0.444 e. The van der Waals surface area contributed by atoms with Crippen LogP contribution in [0.15, 0.2) is 36.5 Å². The van der Waals surface area contributed by atoms with E-state index >= 15 is 0 Å². The van der Waals surface area contributed by atoms with Crippen LogP contribution in [0.3, 0.4) is 0 Å². The van der Waals surface area contributed by atoms with E-state index in [-0.39, 0.29) is 18.9 Å². The molecule has 2 rings (SSSR count). The monoisotopic (exact) mass is 345 g/mol. The number of fused-ring (bicyclic) bond motifs is 1. The summed E-state index contributed by atoms with van der Waals surface area (Å²) in [5.74, 6) is -0.0755. The Balaban J connectivity index is 1.60. The van der Waals surface area contributed by atoms with Crippen molar-refractivity contribution in [2.45, 2.75) is 45.8 Å². The van der Waals surface area contributed by atoms with Gasteiger partial charge in [-0.25, -0.2) is 4.79 Å². The Morgan fingerprint density at radius 2 is 1.84 bits per heavy atom. The van der Waals surface area contributed by atoms with Gasteiger partial charge in [0.25, 0.3) is 0 Å². The smallest absolute Gasteiger partial charge is 0.407 e. The zero-order chi connectivity index (χ0) is 18.3. The topological polar surface area (TPSA) is 72.4 Å². The van der Waals surface area contributed by atoms with Crippen LogP contribution in [0, 0.1) is 0 Å². The van der Waals surface area contributed by atoms with Gasteiger partial charge in [-0.3, -0.25) is 4.79 Å². The SMILES string of the molecule is CC(C)(C)OC(=O)NCCC(=O)NCCCn1ccc2ccccc21. The molecule has 136 valence electrons. The molecule has 0 saturated carbocycles. The summed E-state index contributed by atoms with van der Waals surface area (Å²) in [5, 5.41) is 6.67. The highest BCUT2D eigenvalue weighted by Crippen LogP contribution is 2.15. The van der Waals surface area contributed by atoms with Gasteiger partial charge < -0.3 is 19.9 Å². The normalized spacial score (nSPS) is 11.3. The number of aromatic nitrogens is 1. The summed E-state index contributed by atoms with van der Waals surface area (Å²) in [6, 6.07) is 10.3. The summed E-state index contributed by atoms with van der Waals surface area (Å²) < 4.78 is 7.30. The fraction of sp³-hybridized carbons (Fsp3) is 0.474. The van der Waals surface area contributed by atoms with Gasteiger partial charge >= 0.3 is 6.09 Å². The largest absolute Gasteiger partial charge is 0.444 e. The Hall–Kier alpha value is -2.50. The molecule has 0 atom stereocenters. The van der Waals surface area contributed by atoms with Crippen LogP contribution in [-0.4, -0.2) is 35.3 Å². The van der Waals surface area contributed by atoms with Crippen LogP contribution in [0.1, 0.15) is 33.6 Å². The molecule has 0 aliphatic carbocycles. The highest BCUT2D eigenvalue weighted by atomic mass is 16.6. The van der Waals surface area contributed by atoms with Gasteiger partial charge in [-0.05, 0) is 44.7 Å². The maximum Gasteiger partial charge on any atom is 0.407 e. The van der Waals surface area contributed by atoms with Crippen molar-refractivity contribution in [1.29, 1.82) is 0 Å². The third-order valence-electron chi connectivity index (χ3n) is 3.60. The van der Waals surface area contributed by atoms with Crippen molar-refractivity contribution < 1.29 is 14.3 Å². The zero-order valence-electron chi connectivity index (χ0n) is 15.2. The van der Waals surface area contributed by atoms with Gasteiger partial charge in [0.15, 0.2) is 0 Å². The van der Waals surface area contributed by atoms with Crippen LogP contribution in [0.5, 0.6) is 0 Å². The van der Waals surface area contributed by atoms with Gasteiger partial charge in [-0.15, -0.1) is 0 Å². The Bertz CT molecular complexity index is 716. The van der Waals surface area contributed by atoms with Crippen LogP contribution in [0.25, 0.3) is 10.9 Å². The minimum atomic E-state index is -0.533. The fourth-order valence-corrected chi connectivity index (χ4v) is 2.49. The molecule has 2 aromatic rings. The number of carbonyl (C=O) groups excluding carboxylic acids is 2. The van der Waals surface area contributed by atoms with Crippen LogP contribution in [0.4, 0.5) is 4.79 Å². The first kappa shape index (κ1) is 18.8. The van der Waals surface area contributed by atoms with Gasteiger partial charge in [0.05, 0.1) is 0 Å². The number of aryl methyl sites for hydroxylation is 1. The van der Waals surface area contributed by atoms with Gasteiger partial charge in [0.2, 0.25) is 5.91 Å². The minimum absolute atomic E-state index is 0.0755. The van der Waals surface area contributed by atoms with E-state index in [9.17, 15) is 9.59 Å². The Kier molecular flexibility index (Phi) is 6.44. The number of carbonyl (C=O) groups is 2. The molecule has 6 nitrogen and oxygen atoms in total. The summed E-state index contributed by atoms with van der Waals surface area (Å²) in [6.07, 6.45) is 2.66. The maximum atomic E-state index is 11.8. The summed E-state index contributed by atoms with van der Waals surface area (Å²) in [7, 11) is 0. The molecule has 1 aromatic carbocycles. The lowest BCUT2D eigenvalue weighted by Crippen LogP contribution is -2.35. The van der Waals surface area contributed by atoms with E-state index in [0.717, 1.165) is 13.0 Å². The van der Waals surface area contributed by atoms with Crippen LogP contribution < -0.4 is 10.6 Å². The molecular weight excluding hydrogens is 318 g/mol. The number of rotatable bonds is 7. The van der Waals surface area contributed by atoms with Crippen molar-refractivity contribution in [2.24, 2.45) is 0 Å². The summed E-state index contributed by atoms with van der Waals surface area (Å²) in [6.45, 7) is 7.12. The molecule has 0 aliphatic heterocycles. The number of nitrogens with one attached hydrogen (secondary N) is 2. The van der Waals surface area contributed by atoms with Gasteiger partial charge in [-0.2, -0.15) is 0 Å². The van der Waals surface area contributed by atoms with E-state index < -0.39 is 11.7 Å². The molecular formula is C19H27N3O3. The quantitative estimate of drug-likeness (QED) is 0.758. The number of amides is 2. The molecule has 0 spiro atoms. The summed E-state index contributed by atoms with van der Waals surface area (Å²) >= 11 is 0. The first-order valence-electron chi connectivity index (χ1n) is 8.62. The number of ether oxygens (including phenoxy) is 1. The number of nitrogens with zero attached hydrogens (tertiary/aromatic N) is 1. The van der Waals surface area contributed by atoms with Crippen molar-refractivity contribution in [2.75, 3.05) is 13.1 Å². The molecule has 0 unspecified atom stereocenters. The molecule has 0 fully saturated rings. The molecule has 0 saturated heterocycles. The number of hydrogen-bond donors (Lipinski definition) is 2. The second-order valence-corrected chi connectivity index (χ2v) is 6.95. The molecule has 1 aromatic heterocycles. The van der Waals surface area contributed by atoms with Crippen molar-refractivity contribution in [3.05, 3.63) is 36.5 Å². The lowest BCUT2D eigenvalue weighted by atomic mass is 10.2.